The molecule has 9 heteroatoms. The molecule has 0 unspecified atom stereocenters. The first-order valence-corrected chi connectivity index (χ1v) is 11.7. The summed E-state index contributed by atoms with van der Waals surface area (Å²) < 4.78 is 12.7. The highest BCUT2D eigenvalue weighted by atomic mass is 16.5. The lowest BCUT2D eigenvalue weighted by atomic mass is 10.0. The highest BCUT2D eigenvalue weighted by Gasteiger charge is 2.30. The Labute approximate surface area is 201 Å². The second-order valence-electron chi connectivity index (χ2n) is 8.77. The first kappa shape index (κ1) is 24.1. The summed E-state index contributed by atoms with van der Waals surface area (Å²) in [4.78, 5) is 7.07. The fourth-order valence-corrected chi connectivity index (χ4v) is 4.48. The van der Waals surface area contributed by atoms with Gasteiger partial charge in [-0.3, -0.25) is 9.80 Å². The number of nitrogens with zero attached hydrogens (tertiary/aromatic N) is 7. The number of benzene rings is 2. The Balaban J connectivity index is 1.53. The van der Waals surface area contributed by atoms with E-state index in [1.807, 2.05) is 16.8 Å². The van der Waals surface area contributed by atoms with E-state index in [2.05, 4.69) is 80.7 Å². The Bertz CT molecular complexity index is 1030. The van der Waals surface area contributed by atoms with E-state index < -0.39 is 0 Å². The maximum Gasteiger partial charge on any atom is 0.173 e. The first-order chi connectivity index (χ1) is 16.6. The van der Waals surface area contributed by atoms with Gasteiger partial charge in [0.2, 0.25) is 0 Å². The zero-order valence-electron chi connectivity index (χ0n) is 20.6. The molecule has 34 heavy (non-hydrogen) atoms. The van der Waals surface area contributed by atoms with Crippen molar-refractivity contribution in [1.82, 2.24) is 30.0 Å². The summed E-state index contributed by atoms with van der Waals surface area (Å²) >= 11 is 0. The van der Waals surface area contributed by atoms with Crippen molar-refractivity contribution in [3.8, 4) is 5.75 Å². The Hall–Kier alpha value is -3.01. The van der Waals surface area contributed by atoms with Gasteiger partial charge in [0.15, 0.2) is 5.82 Å². The van der Waals surface area contributed by atoms with Crippen LogP contribution in [0.5, 0.6) is 5.75 Å². The number of tetrazole rings is 1. The Morgan fingerprint density at radius 2 is 1.71 bits per heavy atom. The predicted molar refractivity (Wildman–Crippen MR) is 132 cm³/mol. The number of para-hydroxylation sites is 1. The molecule has 0 amide bonds. The van der Waals surface area contributed by atoms with Gasteiger partial charge in [-0.15, -0.1) is 5.10 Å². The topological polar surface area (TPSA) is 71.8 Å². The highest BCUT2D eigenvalue weighted by molar-refractivity contribution is 5.47. The van der Waals surface area contributed by atoms with Gasteiger partial charge >= 0.3 is 0 Å². The van der Waals surface area contributed by atoms with E-state index in [4.69, 9.17) is 9.47 Å². The Morgan fingerprint density at radius 3 is 2.38 bits per heavy atom. The quantitative estimate of drug-likeness (QED) is 0.452. The first-order valence-electron chi connectivity index (χ1n) is 11.7. The van der Waals surface area contributed by atoms with E-state index in [9.17, 15) is 0 Å². The molecule has 0 saturated carbocycles. The molecule has 1 aliphatic rings. The van der Waals surface area contributed by atoms with Gasteiger partial charge in [-0.05, 0) is 34.2 Å². The van der Waals surface area contributed by atoms with E-state index in [0.29, 0.717) is 13.2 Å². The van der Waals surface area contributed by atoms with Crippen LogP contribution >= 0.6 is 0 Å². The minimum atomic E-state index is -0.0171. The van der Waals surface area contributed by atoms with Crippen LogP contribution in [0.2, 0.25) is 0 Å². The predicted octanol–water partition coefficient (Wildman–Crippen LogP) is 2.30. The molecule has 1 atom stereocenters. The molecule has 4 rings (SSSR count). The molecule has 2 aromatic carbocycles. The van der Waals surface area contributed by atoms with E-state index >= 15 is 0 Å². The largest absolute Gasteiger partial charge is 0.496 e. The maximum absolute atomic E-state index is 5.55. The van der Waals surface area contributed by atoms with Crippen molar-refractivity contribution in [2.45, 2.75) is 19.1 Å². The van der Waals surface area contributed by atoms with E-state index in [-0.39, 0.29) is 6.04 Å². The number of rotatable bonds is 10. The summed E-state index contributed by atoms with van der Waals surface area (Å²) in [7, 11) is 7.54. The molecule has 0 spiro atoms. The van der Waals surface area contributed by atoms with Crippen LogP contribution in [0.3, 0.4) is 0 Å². The molecule has 0 radical (unpaired) electrons. The second-order valence-corrected chi connectivity index (χ2v) is 8.77. The second kappa shape index (κ2) is 11.4. The number of hydrogen-bond acceptors (Lipinski definition) is 8. The van der Waals surface area contributed by atoms with Crippen molar-refractivity contribution in [2.24, 2.45) is 0 Å². The van der Waals surface area contributed by atoms with Crippen molar-refractivity contribution < 1.29 is 9.47 Å². The number of piperazine rings is 1. The van der Waals surface area contributed by atoms with Gasteiger partial charge in [-0.1, -0.05) is 30.3 Å². The van der Waals surface area contributed by atoms with E-state index in [1.165, 1.54) is 16.8 Å². The van der Waals surface area contributed by atoms with Gasteiger partial charge in [-0.25, -0.2) is 4.68 Å². The van der Waals surface area contributed by atoms with Gasteiger partial charge in [0, 0.05) is 65.2 Å². The molecule has 1 fully saturated rings. The lowest BCUT2D eigenvalue weighted by Gasteiger charge is -2.39. The summed E-state index contributed by atoms with van der Waals surface area (Å²) in [6.45, 7) is 5.84. The molecule has 0 aliphatic carbocycles. The summed E-state index contributed by atoms with van der Waals surface area (Å²) in [6.07, 6.45) is 0. The minimum absolute atomic E-state index is 0.0171. The normalized spacial score (nSPS) is 15.9. The monoisotopic (exact) mass is 465 g/mol. The average Bonchev–Trinajstić information content (AvgIpc) is 3.32. The molecular weight excluding hydrogens is 430 g/mol. The third kappa shape index (κ3) is 5.55. The van der Waals surface area contributed by atoms with E-state index in [0.717, 1.165) is 44.3 Å². The van der Waals surface area contributed by atoms with E-state index in [1.54, 1.807) is 14.2 Å². The fraction of sp³-hybridized carbons (Fsp3) is 0.480. The lowest BCUT2D eigenvalue weighted by molar-refractivity contribution is 0.0983. The standard InChI is InChI=1S/C25H35N7O2/c1-29(2)22-11-9-20(10-12-22)24(25-26-27-28-32(25)17-18-33-3)31-15-13-30(14-16-31)19-21-7-5-6-8-23(21)34-4/h5-12,24H,13-19H2,1-4H3/t24-/m0/s1. The molecule has 1 aliphatic heterocycles. The van der Waals surface area contributed by atoms with Crippen LogP contribution in [0.15, 0.2) is 48.5 Å². The summed E-state index contributed by atoms with van der Waals surface area (Å²) in [5.74, 6) is 1.80. The van der Waals surface area contributed by atoms with Crippen LogP contribution in [0, 0.1) is 0 Å². The number of ether oxygens (including phenoxy) is 2. The van der Waals surface area contributed by atoms with Crippen LogP contribution in [-0.4, -0.2) is 91.1 Å². The van der Waals surface area contributed by atoms with Gasteiger partial charge < -0.3 is 14.4 Å². The Kier molecular flexibility index (Phi) is 8.10. The van der Waals surface area contributed by atoms with Gasteiger partial charge in [0.25, 0.3) is 0 Å². The third-order valence-corrected chi connectivity index (χ3v) is 6.40. The van der Waals surface area contributed by atoms with Crippen molar-refractivity contribution in [2.75, 3.05) is 66.0 Å². The fourth-order valence-electron chi connectivity index (χ4n) is 4.48. The zero-order valence-corrected chi connectivity index (χ0v) is 20.6. The maximum atomic E-state index is 5.55. The molecule has 9 nitrogen and oxygen atoms in total. The van der Waals surface area contributed by atoms with Gasteiger partial charge in [0.05, 0.1) is 26.3 Å². The molecule has 1 aromatic heterocycles. The van der Waals surface area contributed by atoms with Crippen LogP contribution in [0.1, 0.15) is 23.0 Å². The minimum Gasteiger partial charge on any atom is -0.496 e. The number of methoxy groups -OCH3 is 2. The highest BCUT2D eigenvalue weighted by Crippen LogP contribution is 2.30. The SMILES string of the molecule is COCCn1nnnc1[C@H](c1ccc(N(C)C)cc1)N1CCN(Cc2ccccc2OC)CC1. The Morgan fingerprint density at radius 1 is 0.971 bits per heavy atom. The van der Waals surface area contributed by atoms with Crippen molar-refractivity contribution >= 4 is 5.69 Å². The number of hydrogen-bond donors (Lipinski definition) is 0. The lowest BCUT2D eigenvalue weighted by Crippen LogP contribution is -2.48. The van der Waals surface area contributed by atoms with Crippen molar-refractivity contribution in [3.63, 3.8) is 0 Å². The third-order valence-electron chi connectivity index (χ3n) is 6.40. The molecular formula is C25H35N7O2. The molecule has 3 aromatic rings. The number of aromatic nitrogens is 4. The molecule has 182 valence electrons. The van der Waals surface area contributed by atoms with Gasteiger partial charge in [0.1, 0.15) is 5.75 Å². The molecule has 1 saturated heterocycles. The number of anilines is 1. The molecule has 0 N–H and O–H groups in total. The summed E-state index contributed by atoms with van der Waals surface area (Å²) in [5, 5.41) is 12.7. The van der Waals surface area contributed by atoms with Crippen LogP contribution in [-0.2, 0) is 17.8 Å². The smallest absolute Gasteiger partial charge is 0.173 e. The van der Waals surface area contributed by atoms with Crippen molar-refractivity contribution in [1.29, 1.82) is 0 Å². The molecule has 2 heterocycles. The van der Waals surface area contributed by atoms with Crippen LogP contribution < -0.4 is 9.64 Å². The average molecular weight is 466 g/mol. The van der Waals surface area contributed by atoms with Crippen LogP contribution in [0.4, 0.5) is 5.69 Å². The zero-order chi connectivity index (χ0) is 23.9. The van der Waals surface area contributed by atoms with Gasteiger partial charge in [-0.2, -0.15) is 0 Å². The van der Waals surface area contributed by atoms with Crippen LogP contribution in [0.25, 0.3) is 0 Å². The molecule has 0 bridgehead atoms. The summed E-state index contributed by atoms with van der Waals surface area (Å²) in [6, 6.07) is 16.9. The summed E-state index contributed by atoms with van der Waals surface area (Å²) in [5.41, 5.74) is 3.58. The van der Waals surface area contributed by atoms with Crippen molar-refractivity contribution in [3.05, 3.63) is 65.5 Å².